The zero-order chi connectivity index (χ0) is 19.1. The van der Waals surface area contributed by atoms with Gasteiger partial charge >= 0.3 is 0 Å². The van der Waals surface area contributed by atoms with Crippen molar-refractivity contribution in [2.75, 3.05) is 32.8 Å². The summed E-state index contributed by atoms with van der Waals surface area (Å²) < 4.78 is 37.7. The molecule has 0 bridgehead atoms. The number of nitrogens with one attached hydrogen (secondary N) is 2. The third-order valence-electron chi connectivity index (χ3n) is 3.95. The zero-order valence-electron chi connectivity index (χ0n) is 15.6. The predicted octanol–water partition coefficient (Wildman–Crippen LogP) is 2.24. The van der Waals surface area contributed by atoms with Crippen molar-refractivity contribution < 1.29 is 17.6 Å². The summed E-state index contributed by atoms with van der Waals surface area (Å²) in [5, 5.41) is 6.39. The summed E-state index contributed by atoms with van der Waals surface area (Å²) in [7, 11) is -3.44. The van der Waals surface area contributed by atoms with E-state index >= 15 is 0 Å². The second-order valence-corrected chi connectivity index (χ2v) is 9.20. The maximum atomic E-state index is 12.7. The summed E-state index contributed by atoms with van der Waals surface area (Å²) in [6, 6.07) is 7.20. The molecule has 1 aliphatic rings. The van der Waals surface area contributed by atoms with Gasteiger partial charge in [0.25, 0.3) is 10.0 Å². The Bertz CT molecular complexity index is 846. The van der Waals surface area contributed by atoms with E-state index in [0.29, 0.717) is 49.6 Å². The molecule has 2 N–H and O–H groups in total. The van der Waals surface area contributed by atoms with Gasteiger partial charge in [0.15, 0.2) is 5.96 Å². The first-order valence-corrected chi connectivity index (χ1v) is 11.1. The molecule has 8 nitrogen and oxygen atoms in total. The van der Waals surface area contributed by atoms with Crippen LogP contribution in [0.15, 0.2) is 44.1 Å². The van der Waals surface area contributed by atoms with Gasteiger partial charge in [-0.05, 0) is 31.2 Å². The van der Waals surface area contributed by atoms with Crippen LogP contribution in [0.1, 0.15) is 17.6 Å². The molecule has 3 rings (SSSR count). The molecular formula is C17H25IN4O4S2. The number of rotatable bonds is 7. The van der Waals surface area contributed by atoms with Crippen LogP contribution in [0.5, 0.6) is 0 Å². The summed E-state index contributed by atoms with van der Waals surface area (Å²) in [6.07, 6.45) is 1.62. The number of sulfonamides is 1. The molecule has 0 saturated carbocycles. The van der Waals surface area contributed by atoms with Crippen LogP contribution in [-0.4, -0.2) is 51.5 Å². The van der Waals surface area contributed by atoms with E-state index in [1.165, 1.54) is 15.6 Å². The Labute approximate surface area is 186 Å². The Morgan fingerprint density at radius 2 is 2.04 bits per heavy atom. The van der Waals surface area contributed by atoms with Gasteiger partial charge in [-0.3, -0.25) is 0 Å². The van der Waals surface area contributed by atoms with E-state index < -0.39 is 10.0 Å². The summed E-state index contributed by atoms with van der Waals surface area (Å²) in [6.45, 7) is 5.33. The van der Waals surface area contributed by atoms with Gasteiger partial charge in [0.2, 0.25) is 0 Å². The highest BCUT2D eigenvalue weighted by Crippen LogP contribution is 2.25. The van der Waals surface area contributed by atoms with Crippen molar-refractivity contribution in [1.82, 2.24) is 14.9 Å². The van der Waals surface area contributed by atoms with Gasteiger partial charge in [-0.2, -0.15) is 4.31 Å². The first-order chi connectivity index (χ1) is 13.1. The number of ether oxygens (including phenoxy) is 1. The number of hydrogen-bond acceptors (Lipinski definition) is 6. The molecule has 0 amide bonds. The van der Waals surface area contributed by atoms with Gasteiger partial charge in [-0.15, -0.1) is 35.3 Å². The quantitative estimate of drug-likeness (QED) is 0.318. The summed E-state index contributed by atoms with van der Waals surface area (Å²) in [4.78, 5) is 5.39. The van der Waals surface area contributed by atoms with Crippen LogP contribution < -0.4 is 10.6 Å². The molecular weight excluding hydrogens is 515 g/mol. The van der Waals surface area contributed by atoms with Crippen molar-refractivity contribution >= 4 is 51.3 Å². The maximum absolute atomic E-state index is 12.7. The van der Waals surface area contributed by atoms with E-state index in [9.17, 15) is 8.42 Å². The van der Waals surface area contributed by atoms with E-state index in [4.69, 9.17) is 9.15 Å². The predicted molar refractivity (Wildman–Crippen MR) is 120 cm³/mol. The van der Waals surface area contributed by atoms with Crippen molar-refractivity contribution in [3.63, 3.8) is 0 Å². The minimum Gasteiger partial charge on any atom is -0.467 e. The molecule has 1 aliphatic heterocycles. The van der Waals surface area contributed by atoms with Gasteiger partial charge < -0.3 is 19.8 Å². The third-order valence-corrected chi connectivity index (χ3v) is 7.40. The van der Waals surface area contributed by atoms with E-state index in [0.717, 1.165) is 17.2 Å². The number of aliphatic imine (C=N–C) groups is 1. The van der Waals surface area contributed by atoms with Crippen LogP contribution in [0.3, 0.4) is 0 Å². The van der Waals surface area contributed by atoms with Crippen LogP contribution in [-0.2, 0) is 27.8 Å². The first-order valence-electron chi connectivity index (χ1n) is 8.81. The fraction of sp³-hybridized carbons (Fsp3) is 0.471. The van der Waals surface area contributed by atoms with Crippen molar-refractivity contribution in [2.45, 2.75) is 24.2 Å². The second-order valence-electron chi connectivity index (χ2n) is 5.87. The zero-order valence-corrected chi connectivity index (χ0v) is 19.6. The molecule has 1 saturated heterocycles. The van der Waals surface area contributed by atoms with E-state index in [1.807, 2.05) is 25.1 Å². The molecule has 2 aromatic rings. The fourth-order valence-corrected chi connectivity index (χ4v) is 5.44. The Morgan fingerprint density at radius 1 is 1.25 bits per heavy atom. The number of furan rings is 1. The highest BCUT2D eigenvalue weighted by atomic mass is 127. The third kappa shape index (κ3) is 6.17. The Morgan fingerprint density at radius 3 is 2.71 bits per heavy atom. The highest BCUT2D eigenvalue weighted by molar-refractivity contribution is 14.0. The summed E-state index contributed by atoms with van der Waals surface area (Å²) >= 11 is 1.28. The molecule has 0 radical (unpaired) electrons. The minimum atomic E-state index is -3.44. The maximum Gasteiger partial charge on any atom is 0.252 e. The number of halogens is 1. The van der Waals surface area contributed by atoms with Crippen molar-refractivity contribution in [2.24, 2.45) is 4.99 Å². The normalized spacial score (nSPS) is 15.8. The van der Waals surface area contributed by atoms with Gasteiger partial charge in [0.1, 0.15) is 16.5 Å². The molecule has 28 heavy (non-hydrogen) atoms. The van der Waals surface area contributed by atoms with Crippen LogP contribution in [0.25, 0.3) is 0 Å². The fourth-order valence-electron chi connectivity index (χ4n) is 2.58. The standard InChI is InChI=1S/C17H24N4O4S2.HI/c1-2-18-17(19-12-14-4-3-9-25-14)20-13-15-5-6-16(26-15)27(22,23)21-7-10-24-11-8-21;/h3-6,9H,2,7-8,10-13H2,1H3,(H2,18,19,20);1H. The average Bonchev–Trinajstić information content (AvgIpc) is 3.37. The van der Waals surface area contributed by atoms with E-state index in [-0.39, 0.29) is 24.0 Å². The van der Waals surface area contributed by atoms with Gasteiger partial charge in [0.05, 0.1) is 26.0 Å². The smallest absolute Gasteiger partial charge is 0.252 e. The monoisotopic (exact) mass is 540 g/mol. The van der Waals surface area contributed by atoms with Crippen molar-refractivity contribution in [3.05, 3.63) is 41.2 Å². The van der Waals surface area contributed by atoms with Gasteiger partial charge in [-0.25, -0.2) is 13.4 Å². The number of morpholine rings is 1. The van der Waals surface area contributed by atoms with E-state index in [1.54, 1.807) is 12.3 Å². The van der Waals surface area contributed by atoms with Crippen LogP contribution in [0.4, 0.5) is 0 Å². The van der Waals surface area contributed by atoms with Crippen LogP contribution in [0, 0.1) is 0 Å². The molecule has 1 fully saturated rings. The Hall–Kier alpha value is -1.15. The topological polar surface area (TPSA) is 96.2 Å². The largest absolute Gasteiger partial charge is 0.467 e. The molecule has 0 spiro atoms. The van der Waals surface area contributed by atoms with Gasteiger partial charge in [0, 0.05) is 24.5 Å². The van der Waals surface area contributed by atoms with Gasteiger partial charge in [-0.1, -0.05) is 0 Å². The molecule has 0 atom stereocenters. The second kappa shape index (κ2) is 11.1. The lowest BCUT2D eigenvalue weighted by molar-refractivity contribution is 0.0731. The number of nitrogens with zero attached hydrogens (tertiary/aromatic N) is 2. The molecule has 0 aromatic carbocycles. The highest BCUT2D eigenvalue weighted by Gasteiger charge is 2.27. The molecule has 0 aliphatic carbocycles. The molecule has 3 heterocycles. The first kappa shape index (κ1) is 23.1. The lowest BCUT2D eigenvalue weighted by Crippen LogP contribution is -2.40. The number of guanidine groups is 1. The molecule has 11 heteroatoms. The molecule has 0 unspecified atom stereocenters. The Balaban J connectivity index is 0.00000280. The summed E-state index contributed by atoms with van der Waals surface area (Å²) in [5.41, 5.74) is 0. The van der Waals surface area contributed by atoms with Crippen molar-refractivity contribution in [1.29, 1.82) is 0 Å². The number of thiophene rings is 1. The van der Waals surface area contributed by atoms with Crippen LogP contribution >= 0.6 is 35.3 Å². The minimum absolute atomic E-state index is 0. The number of hydrogen-bond donors (Lipinski definition) is 2. The summed E-state index contributed by atoms with van der Waals surface area (Å²) in [5.74, 6) is 1.43. The molecule has 156 valence electrons. The average molecular weight is 540 g/mol. The lowest BCUT2D eigenvalue weighted by atomic mass is 10.4. The Kier molecular flexibility index (Phi) is 9.21. The SMILES string of the molecule is CCNC(=NCc1ccco1)NCc1ccc(S(=O)(=O)N2CCOCC2)s1.I. The lowest BCUT2D eigenvalue weighted by Gasteiger charge is -2.25. The van der Waals surface area contributed by atoms with E-state index in [2.05, 4.69) is 15.6 Å². The molecule has 2 aromatic heterocycles. The van der Waals surface area contributed by atoms with Crippen LogP contribution in [0.2, 0.25) is 0 Å². The van der Waals surface area contributed by atoms with Crippen molar-refractivity contribution in [3.8, 4) is 0 Å².